The number of halogens is 4. The van der Waals surface area contributed by atoms with Crippen LogP contribution in [0.25, 0.3) is 16.7 Å². The summed E-state index contributed by atoms with van der Waals surface area (Å²) in [6.45, 7) is 21.0. The molecule has 6 atom stereocenters. The quantitative estimate of drug-likeness (QED) is 0.0944. The molecule has 3 heterocycles. The molecule has 14 heteroatoms. The van der Waals surface area contributed by atoms with Crippen LogP contribution in [0.15, 0.2) is 36.4 Å². The highest BCUT2D eigenvalue weighted by atomic mass is 35.5. The average molecular weight is 915 g/mol. The molecule has 4 aliphatic rings. The minimum atomic E-state index is -3.75. The fourth-order valence-corrected chi connectivity index (χ4v) is 13.3. The topological polar surface area (TPSA) is 79.2 Å². The van der Waals surface area contributed by atoms with E-state index in [4.69, 9.17) is 55.9 Å². The summed E-state index contributed by atoms with van der Waals surface area (Å²) in [5.74, 6) is -0.848. The molecule has 6 unspecified atom stereocenters. The third-order valence-electron chi connectivity index (χ3n) is 12.2. The van der Waals surface area contributed by atoms with E-state index in [-0.39, 0.29) is 17.9 Å². The van der Waals surface area contributed by atoms with E-state index < -0.39 is 54.9 Å². The summed E-state index contributed by atoms with van der Waals surface area (Å²) >= 11 is 32.9. The Morgan fingerprint density at radius 1 is 0.914 bits per heavy atom. The van der Waals surface area contributed by atoms with Gasteiger partial charge in [0.1, 0.15) is 18.0 Å². The maximum atomic E-state index is 14.3. The van der Waals surface area contributed by atoms with Crippen molar-refractivity contribution in [2.45, 2.75) is 108 Å². The number of unbranched alkanes of at least 4 members (excludes halogenated alkanes) is 1. The van der Waals surface area contributed by atoms with E-state index >= 15 is 0 Å². The molecule has 0 N–H and O–H groups in total. The van der Waals surface area contributed by atoms with E-state index in [9.17, 15) is 13.2 Å². The average Bonchev–Trinajstić information content (AvgIpc) is 3.14. The third kappa shape index (κ3) is 8.11. The number of nitrogens with zero attached hydrogens (tertiary/aromatic N) is 3. The molecular weight excluding hydrogens is 856 g/mol. The van der Waals surface area contributed by atoms with Crippen molar-refractivity contribution in [3.05, 3.63) is 63.7 Å². The highest BCUT2D eigenvalue weighted by Gasteiger charge is 2.54. The number of rotatable bonds is 13. The Bertz CT molecular complexity index is 2260. The van der Waals surface area contributed by atoms with Gasteiger partial charge in [-0.15, -0.1) is 46.4 Å². The second-order valence-electron chi connectivity index (χ2n) is 16.9. The summed E-state index contributed by atoms with van der Waals surface area (Å²) in [4.78, 5) is 16.4. The minimum absolute atomic E-state index is 0.142. The van der Waals surface area contributed by atoms with Gasteiger partial charge >= 0.3 is 5.97 Å². The minimum Gasteiger partial charge on any atom is -0.466 e. The van der Waals surface area contributed by atoms with Gasteiger partial charge in [0, 0.05) is 73.3 Å². The zero-order valence-electron chi connectivity index (χ0n) is 35.0. The van der Waals surface area contributed by atoms with Gasteiger partial charge in [-0.1, -0.05) is 19.4 Å². The lowest BCUT2D eigenvalue weighted by Gasteiger charge is -2.45. The summed E-state index contributed by atoms with van der Waals surface area (Å²) in [6.07, 6.45) is 5.95. The molecule has 6 rings (SSSR count). The van der Waals surface area contributed by atoms with E-state index in [1.54, 1.807) is 11.2 Å². The second kappa shape index (κ2) is 17.5. The van der Waals surface area contributed by atoms with Gasteiger partial charge in [0.15, 0.2) is 5.54 Å². The number of hydrogen-bond acceptors (Lipinski definition) is 7. The number of carbonyl (C=O) groups excluding carboxylic acids is 1. The molecule has 8 nitrogen and oxygen atoms in total. The standard InChI is InChI=1S/C44H57Cl4N3O5S2/c1-10-14-15-49(16-17-57)58(53,54)24-26-23-44(8,9)51(12-3)32-21-34-30(19-28(26)32)35(36-37(42(52)55-13-4)39(46)41(48)40(47)38(36)45)29-18-27-25(5)22-43(6,7)50(11-2)31(27)20-33(29)56-34/h18-23,36-41H,10-17,24H2,1-9H3/p+1. The molecule has 58 heavy (non-hydrogen) atoms. The SMILES string of the molecule is CCCCN(CCS)S(=O)(=O)CC1=CC(C)(C)[N+](CC)=c2cc3c(cc21)=C(C1C(Cl)C(Cl)C(Cl)C(Cl)C1C(=O)OCC)c1cc2c(cc1O3)N(CC)C(C)(C)C=C2C. The Balaban J connectivity index is 1.72. The van der Waals surface area contributed by atoms with Crippen LogP contribution < -0.4 is 24.8 Å². The summed E-state index contributed by atoms with van der Waals surface area (Å²) in [5.41, 5.74) is 5.32. The Morgan fingerprint density at radius 2 is 1.60 bits per heavy atom. The maximum Gasteiger partial charge on any atom is 0.311 e. The lowest BCUT2D eigenvalue weighted by Crippen LogP contribution is -2.54. The van der Waals surface area contributed by atoms with Crippen molar-refractivity contribution in [1.82, 2.24) is 8.88 Å². The highest BCUT2D eigenvalue weighted by Crippen LogP contribution is 2.52. The van der Waals surface area contributed by atoms with Crippen LogP contribution in [-0.2, 0) is 19.6 Å². The first-order valence-electron chi connectivity index (χ1n) is 20.5. The van der Waals surface area contributed by atoms with Gasteiger partial charge < -0.3 is 14.4 Å². The van der Waals surface area contributed by atoms with Gasteiger partial charge in [0.2, 0.25) is 15.4 Å². The molecule has 0 radical (unpaired) electrons. The number of ether oxygens (including phenoxy) is 2. The Labute approximate surface area is 370 Å². The molecule has 2 aromatic rings. The third-order valence-corrected chi connectivity index (χ3v) is 16.8. The van der Waals surface area contributed by atoms with Crippen molar-refractivity contribution in [3.63, 3.8) is 0 Å². The van der Waals surface area contributed by atoms with Gasteiger partial charge in [-0.2, -0.15) is 12.6 Å². The van der Waals surface area contributed by atoms with Crippen LogP contribution in [0.4, 0.5) is 5.69 Å². The molecule has 0 bridgehead atoms. The maximum absolute atomic E-state index is 14.3. The molecule has 3 aliphatic heterocycles. The number of allylic oxidation sites excluding steroid dienone is 1. The van der Waals surface area contributed by atoms with E-state index in [1.165, 1.54) is 0 Å². The molecular formula is C44H58Cl4N3O5S2+. The van der Waals surface area contributed by atoms with Crippen LogP contribution in [0.1, 0.15) is 91.8 Å². The number of alkyl halides is 4. The van der Waals surface area contributed by atoms with Crippen LogP contribution >= 0.6 is 59.0 Å². The molecule has 1 saturated carbocycles. The Morgan fingerprint density at radius 3 is 2.22 bits per heavy atom. The molecule has 2 aromatic carbocycles. The smallest absolute Gasteiger partial charge is 0.311 e. The molecule has 0 saturated heterocycles. The van der Waals surface area contributed by atoms with Crippen molar-refractivity contribution in [2.24, 2.45) is 11.8 Å². The normalized spacial score (nSPS) is 25.9. The van der Waals surface area contributed by atoms with Crippen molar-refractivity contribution < 1.29 is 22.7 Å². The fraction of sp³-hybridized carbons (Fsp3) is 0.591. The van der Waals surface area contributed by atoms with Gasteiger partial charge in [-0.25, -0.2) is 17.3 Å². The Hall–Kier alpha value is -1.92. The summed E-state index contributed by atoms with van der Waals surface area (Å²) < 4.78 is 45.1. The molecule has 0 spiro atoms. The number of anilines is 1. The van der Waals surface area contributed by atoms with Crippen LogP contribution in [0.3, 0.4) is 0 Å². The first-order chi connectivity index (χ1) is 27.3. The van der Waals surface area contributed by atoms with E-state index in [2.05, 4.69) is 102 Å². The van der Waals surface area contributed by atoms with E-state index in [0.29, 0.717) is 47.7 Å². The number of hydrogen-bond donors (Lipinski definition) is 1. The van der Waals surface area contributed by atoms with E-state index in [1.807, 2.05) is 12.1 Å². The summed E-state index contributed by atoms with van der Waals surface area (Å²) in [7, 11) is -3.75. The number of benzene rings is 2. The second-order valence-corrected chi connectivity index (χ2v) is 21.3. The van der Waals surface area contributed by atoms with Crippen LogP contribution in [-0.4, -0.2) is 95.6 Å². The predicted octanol–water partition coefficient (Wildman–Crippen LogP) is 8.30. The number of esters is 1. The summed E-state index contributed by atoms with van der Waals surface area (Å²) in [5, 5.41) is -1.83. The Kier molecular flexibility index (Phi) is 13.7. The number of fused-ring (bicyclic) bond motifs is 4. The number of sulfonamides is 1. The molecule has 1 fully saturated rings. The number of likely N-dealkylation sites (N-methyl/N-ethyl adjacent to an activating group) is 2. The molecule has 318 valence electrons. The highest BCUT2D eigenvalue weighted by molar-refractivity contribution is 7.89. The van der Waals surface area contributed by atoms with Crippen LogP contribution in [0.5, 0.6) is 11.5 Å². The lowest BCUT2D eigenvalue weighted by atomic mass is 9.70. The number of carbonyl (C=O) groups is 1. The van der Waals surface area contributed by atoms with Gasteiger partial charge in [-0.05, 0) is 82.9 Å². The van der Waals surface area contributed by atoms with Crippen molar-refractivity contribution in [3.8, 4) is 11.5 Å². The monoisotopic (exact) mass is 912 g/mol. The zero-order valence-corrected chi connectivity index (χ0v) is 39.8. The van der Waals surface area contributed by atoms with Crippen LogP contribution in [0, 0.1) is 11.8 Å². The fourth-order valence-electron chi connectivity index (χ4n) is 9.66. The van der Waals surface area contributed by atoms with Crippen molar-refractivity contribution in [1.29, 1.82) is 0 Å². The predicted molar refractivity (Wildman–Crippen MR) is 246 cm³/mol. The van der Waals surface area contributed by atoms with Gasteiger partial charge in [-0.3, -0.25) is 4.79 Å². The largest absolute Gasteiger partial charge is 0.466 e. The van der Waals surface area contributed by atoms with Gasteiger partial charge in [0.25, 0.3) is 0 Å². The first kappa shape index (κ1) is 45.6. The summed E-state index contributed by atoms with van der Waals surface area (Å²) in [6, 6.07) is 8.25. The van der Waals surface area contributed by atoms with Crippen molar-refractivity contribution >= 4 is 97.4 Å². The van der Waals surface area contributed by atoms with Crippen molar-refractivity contribution in [2.75, 3.05) is 49.2 Å². The lowest BCUT2D eigenvalue weighted by molar-refractivity contribution is -0.149. The van der Waals surface area contributed by atoms with E-state index in [0.717, 1.165) is 58.3 Å². The zero-order chi connectivity index (χ0) is 42.6. The molecule has 0 amide bonds. The van der Waals surface area contributed by atoms with Crippen LogP contribution in [0.2, 0.25) is 0 Å². The first-order valence-corrected chi connectivity index (χ1v) is 24.5. The molecule has 0 aromatic heterocycles. The number of thiol groups is 1. The van der Waals surface area contributed by atoms with Gasteiger partial charge in [0.05, 0.1) is 57.0 Å². The molecule has 1 aliphatic carbocycles.